The van der Waals surface area contributed by atoms with Crippen molar-refractivity contribution < 1.29 is 4.74 Å². The SMILES string of the molecule is CCNC(c1ccc(C2CCC2)cc1)C(C)(C)OCC. The standard InChI is InChI=1S/C18H29NO/c1-5-19-17(18(3,4)20-6-2)16-12-10-15(11-13-16)14-8-7-9-14/h10-14,17,19H,5-9H2,1-4H3. The Balaban J connectivity index is 2.15. The van der Waals surface area contributed by atoms with E-state index in [-0.39, 0.29) is 11.6 Å². The molecular formula is C18H29NO. The van der Waals surface area contributed by atoms with E-state index in [0.29, 0.717) is 0 Å². The Morgan fingerprint density at radius 3 is 2.30 bits per heavy atom. The van der Waals surface area contributed by atoms with E-state index in [4.69, 9.17) is 4.74 Å². The third-order valence-corrected chi connectivity index (χ3v) is 4.47. The molecule has 0 amide bonds. The molecule has 1 aliphatic rings. The van der Waals surface area contributed by atoms with E-state index in [1.54, 1.807) is 0 Å². The van der Waals surface area contributed by atoms with Gasteiger partial charge in [-0.05, 0) is 57.2 Å². The lowest BCUT2D eigenvalue weighted by molar-refractivity contribution is -0.0388. The summed E-state index contributed by atoms with van der Waals surface area (Å²) in [5, 5.41) is 3.58. The van der Waals surface area contributed by atoms with Crippen LogP contribution in [0.25, 0.3) is 0 Å². The van der Waals surface area contributed by atoms with Crippen molar-refractivity contribution >= 4 is 0 Å². The lowest BCUT2D eigenvalue weighted by Crippen LogP contribution is -2.41. The third kappa shape index (κ3) is 3.42. The zero-order valence-corrected chi connectivity index (χ0v) is 13.4. The summed E-state index contributed by atoms with van der Waals surface area (Å²) in [6.07, 6.45) is 4.12. The van der Waals surface area contributed by atoms with E-state index in [0.717, 1.165) is 19.1 Å². The fourth-order valence-corrected chi connectivity index (χ4v) is 3.13. The van der Waals surface area contributed by atoms with E-state index >= 15 is 0 Å². The first-order chi connectivity index (χ1) is 9.58. The Kier molecular flexibility index (Phi) is 5.22. The van der Waals surface area contributed by atoms with Crippen molar-refractivity contribution in [2.75, 3.05) is 13.2 Å². The molecule has 0 heterocycles. The van der Waals surface area contributed by atoms with Crippen LogP contribution in [0.1, 0.15) is 70.0 Å². The normalized spacial score (nSPS) is 17.8. The largest absolute Gasteiger partial charge is 0.374 e. The molecule has 0 radical (unpaired) electrons. The monoisotopic (exact) mass is 275 g/mol. The summed E-state index contributed by atoms with van der Waals surface area (Å²) in [5.41, 5.74) is 2.64. The minimum absolute atomic E-state index is 0.192. The van der Waals surface area contributed by atoms with Crippen LogP contribution in [0.4, 0.5) is 0 Å². The van der Waals surface area contributed by atoms with E-state index in [1.807, 2.05) is 0 Å². The lowest BCUT2D eigenvalue weighted by atomic mass is 9.79. The van der Waals surface area contributed by atoms with Crippen molar-refractivity contribution in [3.05, 3.63) is 35.4 Å². The Labute approximate surface area is 123 Å². The van der Waals surface area contributed by atoms with Gasteiger partial charge in [-0.25, -0.2) is 0 Å². The highest BCUT2D eigenvalue weighted by atomic mass is 16.5. The first-order valence-electron chi connectivity index (χ1n) is 8.05. The van der Waals surface area contributed by atoms with Gasteiger partial charge < -0.3 is 10.1 Å². The number of benzene rings is 1. The molecule has 1 N–H and O–H groups in total. The van der Waals surface area contributed by atoms with Crippen LogP contribution in [0.2, 0.25) is 0 Å². The predicted molar refractivity (Wildman–Crippen MR) is 85.2 cm³/mol. The Morgan fingerprint density at radius 1 is 1.20 bits per heavy atom. The van der Waals surface area contributed by atoms with Gasteiger partial charge >= 0.3 is 0 Å². The van der Waals surface area contributed by atoms with Crippen molar-refractivity contribution in [3.8, 4) is 0 Å². The quantitative estimate of drug-likeness (QED) is 0.795. The predicted octanol–water partition coefficient (Wildman–Crippen LogP) is 4.42. The van der Waals surface area contributed by atoms with Gasteiger partial charge in [0, 0.05) is 6.61 Å². The second-order valence-electron chi connectivity index (χ2n) is 6.32. The average molecular weight is 275 g/mol. The molecule has 1 saturated carbocycles. The van der Waals surface area contributed by atoms with Gasteiger partial charge in [0.2, 0.25) is 0 Å². The van der Waals surface area contributed by atoms with Gasteiger partial charge in [0.1, 0.15) is 0 Å². The van der Waals surface area contributed by atoms with Gasteiger partial charge in [-0.3, -0.25) is 0 Å². The number of nitrogens with one attached hydrogen (secondary N) is 1. The molecule has 1 atom stereocenters. The zero-order valence-electron chi connectivity index (χ0n) is 13.4. The highest BCUT2D eigenvalue weighted by Crippen LogP contribution is 2.37. The highest BCUT2D eigenvalue weighted by molar-refractivity contribution is 5.29. The first-order valence-corrected chi connectivity index (χ1v) is 8.05. The first kappa shape index (κ1) is 15.5. The summed E-state index contributed by atoms with van der Waals surface area (Å²) in [6, 6.07) is 9.42. The fraction of sp³-hybridized carbons (Fsp3) is 0.667. The summed E-state index contributed by atoms with van der Waals surface area (Å²) < 4.78 is 5.95. The number of hydrogen-bond acceptors (Lipinski definition) is 2. The number of hydrogen-bond donors (Lipinski definition) is 1. The number of ether oxygens (including phenoxy) is 1. The minimum atomic E-state index is -0.192. The van der Waals surface area contributed by atoms with E-state index < -0.39 is 0 Å². The Hall–Kier alpha value is -0.860. The van der Waals surface area contributed by atoms with Crippen molar-refractivity contribution in [1.82, 2.24) is 5.32 Å². The van der Waals surface area contributed by atoms with Crippen molar-refractivity contribution in [2.24, 2.45) is 0 Å². The van der Waals surface area contributed by atoms with Gasteiger partial charge in [0.25, 0.3) is 0 Å². The smallest absolute Gasteiger partial charge is 0.0820 e. The van der Waals surface area contributed by atoms with Crippen LogP contribution in [0.3, 0.4) is 0 Å². The van der Waals surface area contributed by atoms with Crippen molar-refractivity contribution in [1.29, 1.82) is 0 Å². The molecule has 0 saturated heterocycles. The number of rotatable bonds is 7. The van der Waals surface area contributed by atoms with E-state index in [2.05, 4.69) is 57.3 Å². The molecule has 0 bridgehead atoms. The second kappa shape index (κ2) is 6.73. The lowest BCUT2D eigenvalue weighted by Gasteiger charge is -2.35. The van der Waals surface area contributed by atoms with Crippen LogP contribution < -0.4 is 5.32 Å². The molecule has 2 heteroatoms. The van der Waals surface area contributed by atoms with E-state index in [9.17, 15) is 0 Å². The van der Waals surface area contributed by atoms with Crippen molar-refractivity contribution in [3.63, 3.8) is 0 Å². The van der Waals surface area contributed by atoms with Crippen molar-refractivity contribution in [2.45, 2.75) is 64.5 Å². The van der Waals surface area contributed by atoms with Gasteiger partial charge in [-0.15, -0.1) is 0 Å². The molecule has 2 nitrogen and oxygen atoms in total. The van der Waals surface area contributed by atoms with Crippen LogP contribution in [0.15, 0.2) is 24.3 Å². The van der Waals surface area contributed by atoms with Crippen LogP contribution in [-0.4, -0.2) is 18.8 Å². The summed E-state index contributed by atoms with van der Waals surface area (Å²) in [6.45, 7) is 10.2. The van der Waals surface area contributed by atoms with Gasteiger partial charge in [0.05, 0.1) is 11.6 Å². The molecule has 0 spiro atoms. The van der Waals surface area contributed by atoms with Crippen LogP contribution in [0.5, 0.6) is 0 Å². The maximum absolute atomic E-state index is 5.95. The van der Waals surface area contributed by atoms with Crippen LogP contribution in [0, 0.1) is 0 Å². The van der Waals surface area contributed by atoms with Gasteiger partial charge in [-0.2, -0.15) is 0 Å². The summed E-state index contributed by atoms with van der Waals surface area (Å²) in [5.74, 6) is 0.807. The molecule has 1 aliphatic carbocycles. The summed E-state index contributed by atoms with van der Waals surface area (Å²) in [4.78, 5) is 0. The molecule has 1 fully saturated rings. The third-order valence-electron chi connectivity index (χ3n) is 4.47. The van der Waals surface area contributed by atoms with Gasteiger partial charge in [-0.1, -0.05) is 37.6 Å². The Bertz CT molecular complexity index is 406. The molecule has 1 aromatic carbocycles. The molecule has 0 aliphatic heterocycles. The molecule has 0 aromatic heterocycles. The van der Waals surface area contributed by atoms with Gasteiger partial charge in [0.15, 0.2) is 0 Å². The topological polar surface area (TPSA) is 21.3 Å². The summed E-state index contributed by atoms with van der Waals surface area (Å²) >= 11 is 0. The minimum Gasteiger partial charge on any atom is -0.374 e. The highest BCUT2D eigenvalue weighted by Gasteiger charge is 2.31. The molecule has 20 heavy (non-hydrogen) atoms. The molecule has 112 valence electrons. The molecule has 1 aromatic rings. The average Bonchev–Trinajstić information content (AvgIpc) is 2.35. The maximum Gasteiger partial charge on any atom is 0.0820 e. The second-order valence-corrected chi connectivity index (χ2v) is 6.32. The molecule has 2 rings (SSSR count). The molecule has 1 unspecified atom stereocenters. The number of likely N-dealkylation sites (N-methyl/N-ethyl adjacent to an activating group) is 1. The summed E-state index contributed by atoms with van der Waals surface area (Å²) in [7, 11) is 0. The zero-order chi connectivity index (χ0) is 14.6. The van der Waals surface area contributed by atoms with Crippen LogP contribution in [-0.2, 0) is 4.74 Å². The fourth-order valence-electron chi connectivity index (χ4n) is 3.13. The van der Waals surface area contributed by atoms with E-state index in [1.165, 1.54) is 30.4 Å². The van der Waals surface area contributed by atoms with Crippen LogP contribution >= 0.6 is 0 Å². The molecular weight excluding hydrogens is 246 g/mol. The maximum atomic E-state index is 5.95. The Morgan fingerprint density at radius 2 is 1.85 bits per heavy atom.